The molecule has 0 unspecified atom stereocenters. The summed E-state index contributed by atoms with van der Waals surface area (Å²) in [5.74, 6) is 2.43. The van der Waals surface area contributed by atoms with E-state index >= 15 is 0 Å². The fraction of sp³-hybridized carbons (Fsp3) is 0.929. The molecule has 0 aromatic heterocycles. The summed E-state index contributed by atoms with van der Waals surface area (Å²) in [4.78, 5) is 10.8. The van der Waals surface area contributed by atoms with Crippen LogP contribution in [0.4, 0.5) is 0 Å². The van der Waals surface area contributed by atoms with Gasteiger partial charge < -0.3 is 4.74 Å². The molecule has 0 aromatic carbocycles. The second-order valence-electron chi connectivity index (χ2n) is 5.65. The Morgan fingerprint density at radius 1 is 1.38 bits per heavy atom. The molecule has 1 aliphatic carbocycles. The van der Waals surface area contributed by atoms with Crippen LogP contribution < -0.4 is 0 Å². The molecular weight excluding hydrogens is 200 g/mol. The summed E-state index contributed by atoms with van der Waals surface area (Å²) in [6.45, 7) is 8.21. The lowest BCUT2D eigenvalue weighted by Gasteiger charge is -2.33. The van der Waals surface area contributed by atoms with Crippen molar-refractivity contribution in [2.75, 3.05) is 0 Å². The maximum atomic E-state index is 10.8. The van der Waals surface area contributed by atoms with Crippen molar-refractivity contribution in [2.45, 2.75) is 65.9 Å². The van der Waals surface area contributed by atoms with Crippen LogP contribution in [0.2, 0.25) is 0 Å². The van der Waals surface area contributed by atoms with Crippen LogP contribution in [0.5, 0.6) is 0 Å². The first kappa shape index (κ1) is 13.5. The highest BCUT2D eigenvalue weighted by atomic mass is 16.5. The monoisotopic (exact) mass is 226 g/mol. The smallest absolute Gasteiger partial charge is 0.302 e. The van der Waals surface area contributed by atoms with Crippen LogP contribution >= 0.6 is 0 Å². The molecule has 16 heavy (non-hydrogen) atoms. The van der Waals surface area contributed by atoms with Crippen molar-refractivity contribution in [1.29, 1.82) is 0 Å². The van der Waals surface area contributed by atoms with Gasteiger partial charge in [0.2, 0.25) is 0 Å². The lowest BCUT2D eigenvalue weighted by atomic mass is 9.73. The quantitative estimate of drug-likeness (QED) is 0.682. The zero-order valence-corrected chi connectivity index (χ0v) is 11.2. The third kappa shape index (κ3) is 4.54. The summed E-state index contributed by atoms with van der Waals surface area (Å²) in [7, 11) is 0. The molecule has 0 amide bonds. The fourth-order valence-electron chi connectivity index (χ4n) is 2.95. The summed E-state index contributed by atoms with van der Waals surface area (Å²) < 4.78 is 5.16. The highest BCUT2D eigenvalue weighted by molar-refractivity contribution is 5.66. The molecule has 0 heterocycles. The highest BCUT2D eigenvalue weighted by Crippen LogP contribution is 2.36. The highest BCUT2D eigenvalue weighted by Gasteiger charge is 2.25. The van der Waals surface area contributed by atoms with E-state index in [9.17, 15) is 4.79 Å². The topological polar surface area (TPSA) is 26.3 Å². The number of rotatable bonds is 4. The van der Waals surface area contributed by atoms with Gasteiger partial charge >= 0.3 is 5.97 Å². The number of carbonyl (C=O) groups is 1. The molecule has 0 saturated heterocycles. The summed E-state index contributed by atoms with van der Waals surface area (Å²) in [5.41, 5.74) is 0. The van der Waals surface area contributed by atoms with Gasteiger partial charge in [-0.2, -0.15) is 0 Å². The van der Waals surface area contributed by atoms with Gasteiger partial charge in [0, 0.05) is 6.92 Å². The van der Waals surface area contributed by atoms with Gasteiger partial charge in [-0.3, -0.25) is 4.79 Å². The van der Waals surface area contributed by atoms with Gasteiger partial charge in [-0.1, -0.05) is 20.3 Å². The van der Waals surface area contributed by atoms with Crippen LogP contribution in [0.1, 0.15) is 59.8 Å². The molecule has 94 valence electrons. The van der Waals surface area contributed by atoms with Gasteiger partial charge in [0.05, 0.1) is 6.10 Å². The van der Waals surface area contributed by atoms with Crippen LogP contribution in [0.3, 0.4) is 0 Å². The minimum Gasteiger partial charge on any atom is -0.463 e. The van der Waals surface area contributed by atoms with E-state index in [4.69, 9.17) is 4.74 Å². The molecule has 0 spiro atoms. The third-order valence-corrected chi connectivity index (χ3v) is 3.92. The van der Waals surface area contributed by atoms with Gasteiger partial charge in [-0.15, -0.1) is 0 Å². The van der Waals surface area contributed by atoms with E-state index in [0.717, 1.165) is 24.2 Å². The molecule has 0 aromatic rings. The van der Waals surface area contributed by atoms with Gasteiger partial charge in [0.1, 0.15) is 0 Å². The molecule has 2 heteroatoms. The number of hydrogen-bond acceptors (Lipinski definition) is 2. The number of ether oxygens (including phenoxy) is 1. The molecule has 0 aliphatic heterocycles. The molecule has 1 aliphatic rings. The predicted molar refractivity (Wildman–Crippen MR) is 66.1 cm³/mol. The van der Waals surface area contributed by atoms with Crippen molar-refractivity contribution in [3.05, 3.63) is 0 Å². The molecule has 0 N–H and O–H groups in total. The van der Waals surface area contributed by atoms with Crippen LogP contribution in [0.25, 0.3) is 0 Å². The van der Waals surface area contributed by atoms with Crippen molar-refractivity contribution in [1.82, 2.24) is 0 Å². The largest absolute Gasteiger partial charge is 0.463 e. The van der Waals surface area contributed by atoms with Crippen molar-refractivity contribution < 1.29 is 9.53 Å². The van der Waals surface area contributed by atoms with E-state index < -0.39 is 0 Å². The van der Waals surface area contributed by atoms with Gasteiger partial charge in [0.15, 0.2) is 0 Å². The standard InChI is InChI=1S/C14H26O2/c1-10-5-7-14(11(2)9-10)8-6-12(3)16-13(4)15/h10-12,14H,5-9H2,1-4H3/t10-,11+,12-,14-/m0/s1. The Balaban J connectivity index is 2.24. The SMILES string of the molecule is CC(=O)O[C@@H](C)CC[C@@H]1CC[C@H](C)C[C@H]1C. The molecular formula is C14H26O2. The molecule has 2 nitrogen and oxygen atoms in total. The zero-order chi connectivity index (χ0) is 12.1. The summed E-state index contributed by atoms with van der Waals surface area (Å²) in [6.07, 6.45) is 6.41. The Morgan fingerprint density at radius 3 is 2.62 bits per heavy atom. The molecule has 1 rings (SSSR count). The molecule has 1 saturated carbocycles. The number of hydrogen-bond donors (Lipinski definition) is 0. The predicted octanol–water partition coefficient (Wildman–Crippen LogP) is 3.79. The number of carbonyl (C=O) groups excluding carboxylic acids is 1. The Labute approximate surface area is 99.8 Å². The Morgan fingerprint density at radius 2 is 2.06 bits per heavy atom. The van der Waals surface area contributed by atoms with Crippen molar-refractivity contribution >= 4 is 5.97 Å². The van der Waals surface area contributed by atoms with Gasteiger partial charge in [-0.25, -0.2) is 0 Å². The maximum absolute atomic E-state index is 10.8. The normalized spacial score (nSPS) is 32.1. The first-order chi connectivity index (χ1) is 7.49. The van der Waals surface area contributed by atoms with Gasteiger partial charge in [0.25, 0.3) is 0 Å². The van der Waals surface area contributed by atoms with E-state index in [1.807, 2.05) is 6.92 Å². The van der Waals surface area contributed by atoms with Crippen molar-refractivity contribution in [3.63, 3.8) is 0 Å². The molecule has 4 atom stereocenters. The van der Waals surface area contributed by atoms with E-state index in [1.54, 1.807) is 0 Å². The molecule has 0 radical (unpaired) electrons. The lowest BCUT2D eigenvalue weighted by Crippen LogP contribution is -2.23. The van der Waals surface area contributed by atoms with E-state index in [0.29, 0.717) is 0 Å². The Hall–Kier alpha value is -0.530. The average molecular weight is 226 g/mol. The maximum Gasteiger partial charge on any atom is 0.302 e. The van der Waals surface area contributed by atoms with Crippen LogP contribution in [0.15, 0.2) is 0 Å². The summed E-state index contributed by atoms with van der Waals surface area (Å²) in [6, 6.07) is 0. The fourth-order valence-corrected chi connectivity index (χ4v) is 2.95. The Bertz CT molecular complexity index is 225. The molecule has 0 bridgehead atoms. The minimum atomic E-state index is -0.155. The van der Waals surface area contributed by atoms with Crippen LogP contribution in [-0.2, 0) is 9.53 Å². The number of esters is 1. The average Bonchev–Trinajstić information content (AvgIpc) is 2.15. The first-order valence-corrected chi connectivity index (χ1v) is 6.66. The van der Waals surface area contributed by atoms with E-state index in [-0.39, 0.29) is 12.1 Å². The second-order valence-corrected chi connectivity index (χ2v) is 5.65. The van der Waals surface area contributed by atoms with Crippen molar-refractivity contribution in [3.8, 4) is 0 Å². The second kappa shape index (κ2) is 6.27. The van der Waals surface area contributed by atoms with E-state index in [2.05, 4.69) is 13.8 Å². The summed E-state index contributed by atoms with van der Waals surface area (Å²) >= 11 is 0. The molecule has 1 fully saturated rings. The Kier molecular flexibility index (Phi) is 5.30. The van der Waals surface area contributed by atoms with Crippen LogP contribution in [-0.4, -0.2) is 12.1 Å². The zero-order valence-electron chi connectivity index (χ0n) is 11.2. The first-order valence-electron chi connectivity index (χ1n) is 6.66. The van der Waals surface area contributed by atoms with E-state index in [1.165, 1.54) is 32.6 Å². The summed E-state index contributed by atoms with van der Waals surface area (Å²) in [5, 5.41) is 0. The third-order valence-electron chi connectivity index (χ3n) is 3.92. The lowest BCUT2D eigenvalue weighted by molar-refractivity contribution is -0.145. The minimum absolute atomic E-state index is 0.0871. The van der Waals surface area contributed by atoms with Crippen molar-refractivity contribution in [2.24, 2.45) is 17.8 Å². The van der Waals surface area contributed by atoms with Gasteiger partial charge in [-0.05, 0) is 50.4 Å². The van der Waals surface area contributed by atoms with Crippen LogP contribution in [0, 0.1) is 17.8 Å².